The Morgan fingerprint density at radius 3 is 2.66 bits per heavy atom. The van der Waals surface area contributed by atoms with E-state index in [0.717, 1.165) is 25.9 Å². The van der Waals surface area contributed by atoms with E-state index in [1.807, 2.05) is 0 Å². The predicted molar refractivity (Wildman–Crippen MR) is 111 cm³/mol. The van der Waals surface area contributed by atoms with E-state index < -0.39 is 15.7 Å². The Kier molecular flexibility index (Phi) is 5.23. The number of fused-ring (bicyclic) bond motifs is 1. The van der Waals surface area contributed by atoms with Gasteiger partial charge in [0, 0.05) is 23.1 Å². The molecule has 29 heavy (non-hydrogen) atoms. The average Bonchev–Trinajstić information content (AvgIpc) is 3.15. The van der Waals surface area contributed by atoms with Gasteiger partial charge in [-0.1, -0.05) is 0 Å². The summed E-state index contributed by atoms with van der Waals surface area (Å²) in [4.78, 5) is 5.40. The second-order valence-corrected chi connectivity index (χ2v) is 9.35. The summed E-state index contributed by atoms with van der Waals surface area (Å²) in [5, 5.41) is 3.73. The number of methoxy groups -OCH3 is 1. The summed E-state index contributed by atoms with van der Waals surface area (Å²) in [5.41, 5.74) is 0.911. The largest absolute Gasteiger partial charge is 0.497 e. The Balaban J connectivity index is 1.69. The van der Waals surface area contributed by atoms with Gasteiger partial charge in [-0.2, -0.15) is 0 Å². The maximum Gasteiger partial charge on any atom is 0.208 e. The number of rotatable bonds is 5. The molecular formula is C21H24FN3O3S. The van der Waals surface area contributed by atoms with E-state index in [0.29, 0.717) is 16.7 Å². The molecule has 1 saturated heterocycles. The molecule has 2 aromatic carbocycles. The zero-order valence-electron chi connectivity index (χ0n) is 16.4. The highest BCUT2D eigenvalue weighted by molar-refractivity contribution is 7.91. The van der Waals surface area contributed by atoms with Gasteiger partial charge in [0.15, 0.2) is 0 Å². The Morgan fingerprint density at radius 1 is 1.17 bits per heavy atom. The lowest BCUT2D eigenvalue weighted by atomic mass is 10.1. The van der Waals surface area contributed by atoms with Crippen LogP contribution < -0.4 is 10.1 Å². The fraction of sp³-hybridized carbons (Fsp3) is 0.333. The number of anilines is 1. The predicted octanol–water partition coefficient (Wildman–Crippen LogP) is 3.65. The molecule has 1 aliphatic rings. The third-order valence-electron chi connectivity index (χ3n) is 5.47. The lowest BCUT2D eigenvalue weighted by Gasteiger charge is -2.30. The van der Waals surface area contributed by atoms with Gasteiger partial charge in [0.25, 0.3) is 0 Å². The van der Waals surface area contributed by atoms with Crippen LogP contribution in [0.15, 0.2) is 52.4 Å². The molecule has 0 bridgehead atoms. The average molecular weight is 418 g/mol. The number of hydrogen-bond donors (Lipinski definition) is 2. The maximum atomic E-state index is 14.4. The van der Waals surface area contributed by atoms with Gasteiger partial charge in [0.1, 0.15) is 11.6 Å². The van der Waals surface area contributed by atoms with E-state index in [4.69, 9.17) is 4.74 Å². The van der Waals surface area contributed by atoms with E-state index in [9.17, 15) is 12.8 Å². The number of benzene rings is 2. The van der Waals surface area contributed by atoms with Gasteiger partial charge in [-0.15, -0.1) is 0 Å². The molecule has 1 aromatic heterocycles. The molecule has 154 valence electrons. The minimum Gasteiger partial charge on any atom is -0.497 e. The summed E-state index contributed by atoms with van der Waals surface area (Å²) in [5.74, 6) is 0.112. The number of halogens is 1. The molecule has 0 atom stereocenters. The zero-order chi connectivity index (χ0) is 20.6. The van der Waals surface area contributed by atoms with Crippen LogP contribution in [0.3, 0.4) is 0 Å². The standard InChI is InChI=1S/C21H24FN3O3S/c1-25-9-7-14(8-10-25)24-20-12-16(4-5-18(20)22)29(26,27)21-13-23-19-6-3-15(28-2)11-17(19)21/h3-6,11-14,23-24H,7-10H2,1-2H3. The van der Waals surface area contributed by atoms with Crippen molar-refractivity contribution < 1.29 is 17.5 Å². The normalized spacial score (nSPS) is 16.2. The van der Waals surface area contributed by atoms with E-state index in [-0.39, 0.29) is 21.5 Å². The maximum absolute atomic E-state index is 14.4. The highest BCUT2D eigenvalue weighted by Gasteiger charge is 2.24. The van der Waals surface area contributed by atoms with Crippen LogP contribution in [0.1, 0.15) is 12.8 Å². The fourth-order valence-electron chi connectivity index (χ4n) is 3.71. The molecule has 0 radical (unpaired) electrons. The van der Waals surface area contributed by atoms with Crippen LogP contribution >= 0.6 is 0 Å². The molecule has 0 unspecified atom stereocenters. The lowest BCUT2D eigenvalue weighted by Crippen LogP contribution is -2.36. The Bertz CT molecular complexity index is 1140. The number of aromatic nitrogens is 1. The number of likely N-dealkylation sites (tertiary alicyclic amines) is 1. The van der Waals surface area contributed by atoms with Crippen molar-refractivity contribution in [2.24, 2.45) is 0 Å². The smallest absolute Gasteiger partial charge is 0.208 e. The van der Waals surface area contributed by atoms with Crippen molar-refractivity contribution in [1.29, 1.82) is 0 Å². The highest BCUT2D eigenvalue weighted by Crippen LogP contribution is 2.32. The minimum atomic E-state index is -3.84. The summed E-state index contributed by atoms with van der Waals surface area (Å²) < 4.78 is 46.2. The molecule has 3 aromatic rings. The van der Waals surface area contributed by atoms with Crippen LogP contribution in [0.4, 0.5) is 10.1 Å². The second-order valence-electron chi connectivity index (χ2n) is 7.43. The summed E-state index contributed by atoms with van der Waals surface area (Å²) in [6.45, 7) is 1.85. The summed E-state index contributed by atoms with van der Waals surface area (Å²) in [7, 11) is -0.251. The fourth-order valence-corrected chi connectivity index (χ4v) is 5.15. The van der Waals surface area contributed by atoms with Crippen LogP contribution in [0, 0.1) is 5.82 Å². The molecule has 2 N–H and O–H groups in total. The van der Waals surface area contributed by atoms with Crippen molar-refractivity contribution in [3.8, 4) is 5.75 Å². The van der Waals surface area contributed by atoms with Crippen LogP contribution in [-0.4, -0.2) is 51.6 Å². The number of piperidine rings is 1. The number of aromatic amines is 1. The second kappa shape index (κ2) is 7.68. The molecular weight excluding hydrogens is 393 g/mol. The van der Waals surface area contributed by atoms with E-state index in [1.54, 1.807) is 18.2 Å². The SMILES string of the molecule is COc1ccc2[nH]cc(S(=O)(=O)c3ccc(F)c(NC4CCN(C)CC4)c3)c2c1. The summed E-state index contributed by atoms with van der Waals surface area (Å²) >= 11 is 0. The van der Waals surface area contributed by atoms with Gasteiger partial charge < -0.3 is 19.9 Å². The van der Waals surface area contributed by atoms with Gasteiger partial charge >= 0.3 is 0 Å². The van der Waals surface area contributed by atoms with Gasteiger partial charge in [0.05, 0.1) is 22.6 Å². The number of nitrogens with one attached hydrogen (secondary N) is 2. The van der Waals surface area contributed by atoms with E-state index in [2.05, 4.69) is 22.2 Å². The lowest BCUT2D eigenvalue weighted by molar-refractivity contribution is 0.263. The monoisotopic (exact) mass is 417 g/mol. The highest BCUT2D eigenvalue weighted by atomic mass is 32.2. The molecule has 0 spiro atoms. The molecule has 1 aliphatic heterocycles. The van der Waals surface area contributed by atoms with Crippen LogP contribution in [0.2, 0.25) is 0 Å². The van der Waals surface area contributed by atoms with Crippen molar-refractivity contribution in [1.82, 2.24) is 9.88 Å². The molecule has 1 fully saturated rings. The Labute approximate surface area is 169 Å². The topological polar surface area (TPSA) is 74.4 Å². The van der Waals surface area contributed by atoms with Crippen molar-refractivity contribution in [2.75, 3.05) is 32.6 Å². The first-order chi connectivity index (χ1) is 13.9. The van der Waals surface area contributed by atoms with Crippen LogP contribution in [-0.2, 0) is 9.84 Å². The first kappa shape index (κ1) is 19.7. The number of H-pyrrole nitrogens is 1. The third-order valence-corrected chi connectivity index (χ3v) is 7.26. The van der Waals surface area contributed by atoms with E-state index in [1.165, 1.54) is 31.5 Å². The quantitative estimate of drug-likeness (QED) is 0.620. The van der Waals surface area contributed by atoms with Gasteiger partial charge in [-0.25, -0.2) is 12.8 Å². The molecule has 0 amide bonds. The molecule has 8 heteroatoms. The first-order valence-corrected chi connectivity index (χ1v) is 11.0. The Hall–Kier alpha value is -2.58. The number of sulfone groups is 1. The van der Waals surface area contributed by atoms with E-state index >= 15 is 0 Å². The Morgan fingerprint density at radius 2 is 1.93 bits per heavy atom. The first-order valence-electron chi connectivity index (χ1n) is 9.53. The molecule has 4 rings (SSSR count). The van der Waals surface area contributed by atoms with Crippen LogP contribution in [0.5, 0.6) is 5.75 Å². The minimum absolute atomic E-state index is 0.0537. The molecule has 2 heterocycles. The number of hydrogen-bond acceptors (Lipinski definition) is 5. The molecule has 6 nitrogen and oxygen atoms in total. The van der Waals surface area contributed by atoms with Crippen molar-refractivity contribution in [2.45, 2.75) is 28.7 Å². The van der Waals surface area contributed by atoms with Crippen molar-refractivity contribution >= 4 is 26.4 Å². The number of nitrogens with zero attached hydrogens (tertiary/aromatic N) is 1. The molecule has 0 aliphatic carbocycles. The summed E-state index contributed by atoms with van der Waals surface area (Å²) in [6.07, 6.45) is 3.23. The number of ether oxygens (including phenoxy) is 1. The summed E-state index contributed by atoms with van der Waals surface area (Å²) in [6, 6.07) is 9.24. The molecule has 0 saturated carbocycles. The zero-order valence-corrected chi connectivity index (χ0v) is 17.2. The van der Waals surface area contributed by atoms with Gasteiger partial charge in [-0.05, 0) is 69.4 Å². The van der Waals surface area contributed by atoms with Gasteiger partial charge in [-0.3, -0.25) is 0 Å². The van der Waals surface area contributed by atoms with Crippen molar-refractivity contribution in [3.63, 3.8) is 0 Å². The third kappa shape index (κ3) is 3.82. The van der Waals surface area contributed by atoms with Crippen molar-refractivity contribution in [3.05, 3.63) is 48.4 Å². The van der Waals surface area contributed by atoms with Gasteiger partial charge in [0.2, 0.25) is 9.84 Å². The van der Waals surface area contributed by atoms with Crippen LogP contribution in [0.25, 0.3) is 10.9 Å².